The molecule has 0 aliphatic rings. The molecular weight excluding hydrogens is 320 g/mol. The quantitative estimate of drug-likeness (QED) is 0.785. The first-order chi connectivity index (χ1) is 9.49. The van der Waals surface area contributed by atoms with E-state index in [4.69, 9.17) is 4.74 Å². The van der Waals surface area contributed by atoms with Crippen molar-refractivity contribution in [3.05, 3.63) is 53.7 Å². The molecule has 0 atom stereocenters. The Kier molecular flexibility index (Phi) is 4.39. The fourth-order valence-electron chi connectivity index (χ4n) is 1.94. The summed E-state index contributed by atoms with van der Waals surface area (Å²) in [6, 6.07) is 7.31. The number of carbonyl (C=O) groups excluding carboxylic acids is 1. The molecule has 0 saturated heterocycles. The molecule has 20 heavy (non-hydrogen) atoms. The molecule has 0 fully saturated rings. The number of hydrogen-bond donors (Lipinski definition) is 0. The highest BCUT2D eigenvalue weighted by Crippen LogP contribution is 2.24. The summed E-state index contributed by atoms with van der Waals surface area (Å²) in [5.41, 5.74) is 3.21. The monoisotopic (exact) mass is 334 g/mol. The SMILES string of the molecule is C=C(C)c1cccc(C(=O)Br)c1COc1ccn(C)n1. The zero-order valence-corrected chi connectivity index (χ0v) is 13.0. The first-order valence-electron chi connectivity index (χ1n) is 6.09. The smallest absolute Gasteiger partial charge is 0.233 e. The van der Waals surface area contributed by atoms with Gasteiger partial charge in [0.15, 0.2) is 0 Å². The lowest BCUT2D eigenvalue weighted by Crippen LogP contribution is -2.06. The van der Waals surface area contributed by atoms with Gasteiger partial charge in [0.1, 0.15) is 6.61 Å². The third-order valence-electron chi connectivity index (χ3n) is 2.90. The Morgan fingerprint density at radius 2 is 2.10 bits per heavy atom. The minimum atomic E-state index is -0.166. The molecule has 5 heteroatoms. The van der Waals surface area contributed by atoms with E-state index in [1.54, 1.807) is 23.0 Å². The van der Waals surface area contributed by atoms with Gasteiger partial charge >= 0.3 is 0 Å². The van der Waals surface area contributed by atoms with Gasteiger partial charge in [0.2, 0.25) is 10.6 Å². The van der Waals surface area contributed by atoms with Crippen LogP contribution in [-0.4, -0.2) is 14.5 Å². The molecule has 2 rings (SSSR count). The summed E-state index contributed by atoms with van der Waals surface area (Å²) in [5.74, 6) is 0.525. The number of halogens is 1. The molecule has 0 aliphatic heterocycles. The van der Waals surface area contributed by atoms with E-state index in [9.17, 15) is 4.79 Å². The van der Waals surface area contributed by atoms with Crippen LogP contribution in [-0.2, 0) is 13.7 Å². The minimum absolute atomic E-state index is 0.166. The molecule has 0 N–H and O–H groups in total. The van der Waals surface area contributed by atoms with Gasteiger partial charge in [0, 0.05) is 30.4 Å². The van der Waals surface area contributed by atoms with Crippen LogP contribution in [0.1, 0.15) is 28.4 Å². The molecule has 0 radical (unpaired) electrons. The third-order valence-corrected chi connectivity index (χ3v) is 3.33. The van der Waals surface area contributed by atoms with Gasteiger partial charge in [-0.25, -0.2) is 0 Å². The number of nitrogens with zero attached hydrogens (tertiary/aromatic N) is 2. The standard InChI is InChI=1S/C15H15BrN2O2/c1-10(2)11-5-4-6-12(15(16)19)13(11)9-20-14-7-8-18(3)17-14/h4-8H,1,9H2,2-3H3. The van der Waals surface area contributed by atoms with Gasteiger partial charge in [-0.1, -0.05) is 30.4 Å². The molecule has 0 saturated carbocycles. The predicted molar refractivity (Wildman–Crippen MR) is 81.9 cm³/mol. The second-order valence-corrected chi connectivity index (χ2v) is 5.22. The Morgan fingerprint density at radius 3 is 2.65 bits per heavy atom. The first kappa shape index (κ1) is 14.5. The van der Waals surface area contributed by atoms with E-state index < -0.39 is 0 Å². The van der Waals surface area contributed by atoms with Crippen LogP contribution in [0.15, 0.2) is 37.0 Å². The Bertz CT molecular complexity index is 629. The number of ether oxygens (including phenoxy) is 1. The van der Waals surface area contributed by atoms with E-state index in [0.29, 0.717) is 11.4 Å². The lowest BCUT2D eigenvalue weighted by molar-refractivity contribution is 0.109. The molecular formula is C15H15BrN2O2. The number of hydrogen-bond acceptors (Lipinski definition) is 3. The van der Waals surface area contributed by atoms with Gasteiger partial charge in [-0.3, -0.25) is 9.48 Å². The van der Waals surface area contributed by atoms with E-state index in [2.05, 4.69) is 27.6 Å². The Labute approximate surface area is 126 Å². The Morgan fingerprint density at radius 1 is 1.40 bits per heavy atom. The molecule has 2 aromatic rings. The molecule has 0 spiro atoms. The van der Waals surface area contributed by atoms with Gasteiger partial charge in [0.25, 0.3) is 0 Å². The number of benzene rings is 1. The van der Waals surface area contributed by atoms with Gasteiger partial charge in [-0.2, -0.15) is 0 Å². The third kappa shape index (κ3) is 3.17. The van der Waals surface area contributed by atoms with Crippen molar-refractivity contribution in [3.63, 3.8) is 0 Å². The van der Waals surface area contributed by atoms with Crippen molar-refractivity contribution < 1.29 is 9.53 Å². The highest BCUT2D eigenvalue weighted by Gasteiger charge is 2.14. The second kappa shape index (κ2) is 6.05. The van der Waals surface area contributed by atoms with E-state index in [0.717, 1.165) is 16.7 Å². The number of carbonyl (C=O) groups is 1. The van der Waals surface area contributed by atoms with Crippen LogP contribution >= 0.6 is 15.9 Å². The molecule has 104 valence electrons. The number of aromatic nitrogens is 2. The number of allylic oxidation sites excluding steroid dienone is 1. The predicted octanol–water partition coefficient (Wildman–Crippen LogP) is 3.57. The van der Waals surface area contributed by atoms with Crippen molar-refractivity contribution in [1.82, 2.24) is 9.78 Å². The van der Waals surface area contributed by atoms with Crippen molar-refractivity contribution in [2.45, 2.75) is 13.5 Å². The molecule has 0 bridgehead atoms. The van der Waals surface area contributed by atoms with Crippen LogP contribution in [0.2, 0.25) is 0 Å². The minimum Gasteiger partial charge on any atom is -0.472 e. The molecule has 4 nitrogen and oxygen atoms in total. The second-order valence-electron chi connectivity index (χ2n) is 4.50. The molecule has 1 heterocycles. The lowest BCUT2D eigenvalue weighted by Gasteiger charge is -2.13. The summed E-state index contributed by atoms with van der Waals surface area (Å²) in [5, 5.41) is 4.15. The fourth-order valence-corrected chi connectivity index (χ4v) is 2.31. The average Bonchev–Trinajstić information content (AvgIpc) is 2.81. The first-order valence-corrected chi connectivity index (χ1v) is 6.88. The van der Waals surface area contributed by atoms with Crippen LogP contribution in [0.5, 0.6) is 5.88 Å². The van der Waals surface area contributed by atoms with Crippen molar-refractivity contribution in [3.8, 4) is 5.88 Å². The molecule has 1 aromatic heterocycles. The normalized spacial score (nSPS) is 10.3. The topological polar surface area (TPSA) is 44.1 Å². The lowest BCUT2D eigenvalue weighted by atomic mass is 9.98. The Balaban J connectivity index is 2.32. The van der Waals surface area contributed by atoms with Crippen molar-refractivity contribution in [2.24, 2.45) is 7.05 Å². The highest BCUT2D eigenvalue weighted by atomic mass is 79.9. The average molecular weight is 335 g/mol. The zero-order chi connectivity index (χ0) is 14.7. The summed E-state index contributed by atoms with van der Waals surface area (Å²) >= 11 is 3.00. The summed E-state index contributed by atoms with van der Waals surface area (Å²) in [6.45, 7) is 6.12. The molecule has 1 aromatic carbocycles. The maximum atomic E-state index is 11.7. The zero-order valence-electron chi connectivity index (χ0n) is 11.4. The van der Waals surface area contributed by atoms with Crippen molar-refractivity contribution in [2.75, 3.05) is 0 Å². The van der Waals surface area contributed by atoms with Crippen molar-refractivity contribution >= 4 is 26.2 Å². The largest absolute Gasteiger partial charge is 0.472 e. The van der Waals surface area contributed by atoms with Gasteiger partial charge in [-0.05, 0) is 28.4 Å². The summed E-state index contributed by atoms with van der Waals surface area (Å²) in [4.78, 5) is 11.7. The van der Waals surface area contributed by atoms with Gasteiger partial charge in [0.05, 0.1) is 0 Å². The van der Waals surface area contributed by atoms with Crippen molar-refractivity contribution in [1.29, 1.82) is 0 Å². The summed E-state index contributed by atoms with van der Waals surface area (Å²) < 4.78 is 7.15. The maximum absolute atomic E-state index is 11.7. The number of aryl methyl sites for hydroxylation is 1. The summed E-state index contributed by atoms with van der Waals surface area (Å²) in [7, 11) is 1.82. The van der Waals surface area contributed by atoms with Gasteiger partial charge < -0.3 is 4.74 Å². The van der Waals surface area contributed by atoms with Crippen LogP contribution in [0.3, 0.4) is 0 Å². The van der Waals surface area contributed by atoms with E-state index in [-0.39, 0.29) is 11.3 Å². The van der Waals surface area contributed by atoms with Gasteiger partial charge in [-0.15, -0.1) is 5.10 Å². The molecule has 0 aliphatic carbocycles. The maximum Gasteiger partial charge on any atom is 0.233 e. The highest BCUT2D eigenvalue weighted by molar-refractivity contribution is 9.18. The number of rotatable bonds is 5. The molecule has 0 amide bonds. The van der Waals surface area contributed by atoms with Crippen LogP contribution < -0.4 is 4.74 Å². The fraction of sp³-hybridized carbons (Fsp3) is 0.200. The van der Waals surface area contributed by atoms with Crippen LogP contribution in [0, 0.1) is 0 Å². The van der Waals surface area contributed by atoms with Crippen LogP contribution in [0.4, 0.5) is 0 Å². The summed E-state index contributed by atoms with van der Waals surface area (Å²) in [6.07, 6.45) is 1.80. The van der Waals surface area contributed by atoms with E-state index >= 15 is 0 Å². The Hall–Kier alpha value is -1.88. The van der Waals surface area contributed by atoms with E-state index in [1.807, 2.05) is 26.1 Å². The van der Waals surface area contributed by atoms with Crippen LogP contribution in [0.25, 0.3) is 5.57 Å². The molecule has 0 unspecified atom stereocenters. The van der Waals surface area contributed by atoms with E-state index in [1.165, 1.54) is 0 Å².